The lowest BCUT2D eigenvalue weighted by molar-refractivity contribution is 0.292. The van der Waals surface area contributed by atoms with Crippen LogP contribution in [0, 0.1) is 0 Å². The molecule has 2 aromatic heterocycles. The highest BCUT2D eigenvalue weighted by Gasteiger charge is 2.40. The molecule has 0 aliphatic carbocycles. The second-order valence-electron chi connectivity index (χ2n) is 8.50. The summed E-state index contributed by atoms with van der Waals surface area (Å²) < 4.78 is 2.27. The second kappa shape index (κ2) is 7.98. The number of hydrogen-bond donors (Lipinski definition) is 1. The number of nitrogens with zero attached hydrogens (tertiary/aromatic N) is 4. The summed E-state index contributed by atoms with van der Waals surface area (Å²) in [6, 6.07) is 8.51. The quantitative estimate of drug-likeness (QED) is 0.770. The van der Waals surface area contributed by atoms with Gasteiger partial charge in [0.2, 0.25) is 0 Å². The van der Waals surface area contributed by atoms with Crippen LogP contribution in [0.3, 0.4) is 0 Å². The molecule has 0 unspecified atom stereocenters. The van der Waals surface area contributed by atoms with Crippen molar-refractivity contribution in [2.75, 3.05) is 27.2 Å². The van der Waals surface area contributed by atoms with Gasteiger partial charge in [0.1, 0.15) is 0 Å². The van der Waals surface area contributed by atoms with E-state index in [0.717, 1.165) is 30.3 Å². The van der Waals surface area contributed by atoms with Crippen LogP contribution in [-0.4, -0.2) is 51.6 Å². The Morgan fingerprint density at radius 3 is 2.59 bits per heavy atom. The summed E-state index contributed by atoms with van der Waals surface area (Å²) in [5.74, 6) is 0. The summed E-state index contributed by atoms with van der Waals surface area (Å²) in [4.78, 5) is 9.16. The van der Waals surface area contributed by atoms with Crippen molar-refractivity contribution in [2.24, 2.45) is 0 Å². The van der Waals surface area contributed by atoms with E-state index in [2.05, 4.69) is 84.1 Å². The van der Waals surface area contributed by atoms with Crippen molar-refractivity contribution < 1.29 is 0 Å². The molecular formula is C21H31N5S. The molecule has 1 aliphatic rings. The largest absolute Gasteiger partial charge is 0.352 e. The van der Waals surface area contributed by atoms with Crippen molar-refractivity contribution in [2.45, 2.75) is 44.8 Å². The lowest BCUT2D eigenvalue weighted by Gasteiger charge is -2.28. The maximum Gasteiger partial charge on any atom is 0.170 e. The first-order chi connectivity index (χ1) is 12.8. The van der Waals surface area contributed by atoms with E-state index in [0.29, 0.717) is 0 Å². The van der Waals surface area contributed by atoms with Gasteiger partial charge in [-0.05, 0) is 83.8 Å². The molecule has 0 aromatic carbocycles. The summed E-state index contributed by atoms with van der Waals surface area (Å²) >= 11 is 5.72. The Balaban J connectivity index is 1.92. The molecule has 2 aromatic rings. The summed E-state index contributed by atoms with van der Waals surface area (Å²) in [5.41, 5.74) is 2.36. The summed E-state index contributed by atoms with van der Waals surface area (Å²) in [7, 11) is 4.22. The van der Waals surface area contributed by atoms with Gasteiger partial charge in [0, 0.05) is 30.7 Å². The Kier molecular flexibility index (Phi) is 5.86. The Morgan fingerprint density at radius 2 is 2.00 bits per heavy atom. The van der Waals surface area contributed by atoms with Crippen LogP contribution in [0.2, 0.25) is 0 Å². The Labute approximate surface area is 168 Å². The van der Waals surface area contributed by atoms with Crippen LogP contribution >= 0.6 is 12.2 Å². The molecule has 1 fully saturated rings. The van der Waals surface area contributed by atoms with Crippen molar-refractivity contribution in [1.29, 1.82) is 0 Å². The first-order valence-electron chi connectivity index (χ1n) is 9.58. The molecule has 27 heavy (non-hydrogen) atoms. The Bertz CT molecular complexity index is 762. The smallest absolute Gasteiger partial charge is 0.170 e. The van der Waals surface area contributed by atoms with Gasteiger partial charge in [-0.15, -0.1) is 0 Å². The predicted molar refractivity (Wildman–Crippen MR) is 115 cm³/mol. The number of aromatic nitrogens is 2. The minimum absolute atomic E-state index is 0.0566. The van der Waals surface area contributed by atoms with Crippen molar-refractivity contribution in [3.63, 3.8) is 0 Å². The van der Waals surface area contributed by atoms with E-state index in [1.54, 1.807) is 0 Å². The molecule has 0 amide bonds. The van der Waals surface area contributed by atoms with Crippen LogP contribution in [0.15, 0.2) is 42.9 Å². The fourth-order valence-corrected chi connectivity index (χ4v) is 3.90. The zero-order valence-electron chi connectivity index (χ0n) is 17.0. The number of nitrogens with one attached hydrogen (secondary N) is 1. The predicted octanol–water partition coefficient (Wildman–Crippen LogP) is 3.56. The van der Waals surface area contributed by atoms with Gasteiger partial charge >= 0.3 is 0 Å². The molecule has 5 nitrogen and oxygen atoms in total. The van der Waals surface area contributed by atoms with Gasteiger partial charge in [0.05, 0.1) is 17.8 Å². The van der Waals surface area contributed by atoms with E-state index in [-0.39, 0.29) is 17.6 Å². The average Bonchev–Trinajstić information content (AvgIpc) is 3.20. The Morgan fingerprint density at radius 1 is 1.22 bits per heavy atom. The number of hydrogen-bond acceptors (Lipinski definition) is 3. The topological polar surface area (TPSA) is 36.3 Å². The highest BCUT2D eigenvalue weighted by atomic mass is 32.1. The standard InChI is InChI=1S/C21H31N5S/c1-21(2,3)25-14-10-16(15-25)19-18(17-9-6-7-11-22-17)23-20(27)26(19)13-8-12-24(4)5/h6-7,9-11,14-15,18-19H,8,12-13H2,1-5H3,(H,23,27)/t18-,19-/m0/s1. The van der Waals surface area contributed by atoms with Crippen LogP contribution in [-0.2, 0) is 5.54 Å². The molecule has 3 rings (SSSR count). The summed E-state index contributed by atoms with van der Waals surface area (Å²) in [6.07, 6.45) is 7.35. The van der Waals surface area contributed by atoms with Crippen LogP contribution in [0.25, 0.3) is 0 Å². The number of pyridine rings is 1. The van der Waals surface area contributed by atoms with Gasteiger partial charge in [-0.1, -0.05) is 6.07 Å². The highest BCUT2D eigenvalue weighted by molar-refractivity contribution is 7.80. The van der Waals surface area contributed by atoms with Crippen molar-refractivity contribution in [3.05, 3.63) is 54.1 Å². The highest BCUT2D eigenvalue weighted by Crippen LogP contribution is 2.39. The van der Waals surface area contributed by atoms with Crippen molar-refractivity contribution >= 4 is 17.3 Å². The molecule has 1 N–H and O–H groups in total. The molecule has 6 heteroatoms. The fraction of sp³-hybridized carbons (Fsp3) is 0.524. The number of rotatable bonds is 6. The second-order valence-corrected chi connectivity index (χ2v) is 8.89. The molecule has 1 aliphatic heterocycles. The average molecular weight is 386 g/mol. The lowest BCUT2D eigenvalue weighted by atomic mass is 9.99. The van der Waals surface area contributed by atoms with Gasteiger partial charge in [-0.25, -0.2) is 0 Å². The molecular weight excluding hydrogens is 354 g/mol. The van der Waals surface area contributed by atoms with Crippen LogP contribution < -0.4 is 5.32 Å². The van der Waals surface area contributed by atoms with Crippen LogP contribution in [0.1, 0.15) is 50.5 Å². The molecule has 0 bridgehead atoms. The van der Waals surface area contributed by atoms with Gasteiger partial charge in [-0.2, -0.15) is 0 Å². The van der Waals surface area contributed by atoms with Gasteiger partial charge in [0.25, 0.3) is 0 Å². The third-order valence-electron chi connectivity index (χ3n) is 5.03. The fourth-order valence-electron chi connectivity index (χ4n) is 3.57. The zero-order valence-corrected chi connectivity index (χ0v) is 17.8. The molecule has 1 saturated heterocycles. The summed E-state index contributed by atoms with van der Waals surface area (Å²) in [5, 5.41) is 4.34. The molecule has 0 saturated carbocycles. The van der Waals surface area contributed by atoms with Crippen molar-refractivity contribution in [3.8, 4) is 0 Å². The van der Waals surface area contributed by atoms with E-state index in [1.807, 2.05) is 18.3 Å². The normalized spacial score (nSPS) is 20.4. The molecule has 146 valence electrons. The Hall–Kier alpha value is -1.92. The van der Waals surface area contributed by atoms with E-state index < -0.39 is 0 Å². The van der Waals surface area contributed by atoms with E-state index in [4.69, 9.17) is 12.2 Å². The zero-order chi connectivity index (χ0) is 19.6. The van der Waals surface area contributed by atoms with Gasteiger partial charge < -0.3 is 19.7 Å². The SMILES string of the molecule is CN(C)CCCN1C(=S)N[C@@H](c2ccccn2)[C@@H]1c1ccn(C(C)(C)C)c1. The monoisotopic (exact) mass is 385 g/mol. The first-order valence-corrected chi connectivity index (χ1v) is 9.99. The molecule has 0 radical (unpaired) electrons. The maximum absolute atomic E-state index is 5.72. The van der Waals surface area contributed by atoms with Crippen LogP contribution in [0.4, 0.5) is 0 Å². The van der Waals surface area contributed by atoms with Gasteiger partial charge in [0.15, 0.2) is 5.11 Å². The minimum Gasteiger partial charge on any atom is -0.352 e. The maximum atomic E-state index is 5.72. The lowest BCUT2D eigenvalue weighted by Crippen LogP contribution is -2.32. The minimum atomic E-state index is 0.0566. The van der Waals surface area contributed by atoms with E-state index in [9.17, 15) is 0 Å². The van der Waals surface area contributed by atoms with Gasteiger partial charge in [-0.3, -0.25) is 4.98 Å². The van der Waals surface area contributed by atoms with E-state index >= 15 is 0 Å². The van der Waals surface area contributed by atoms with E-state index in [1.165, 1.54) is 5.56 Å². The molecule has 0 spiro atoms. The summed E-state index contributed by atoms with van der Waals surface area (Å²) in [6.45, 7) is 8.64. The molecule has 3 heterocycles. The number of thiocarbonyl (C=S) groups is 1. The van der Waals surface area contributed by atoms with Crippen molar-refractivity contribution in [1.82, 2.24) is 24.7 Å². The third-order valence-corrected chi connectivity index (χ3v) is 5.39. The van der Waals surface area contributed by atoms with Crippen LogP contribution in [0.5, 0.6) is 0 Å². The third kappa shape index (κ3) is 4.50. The first kappa shape index (κ1) is 19.8. The molecule has 2 atom stereocenters.